The summed E-state index contributed by atoms with van der Waals surface area (Å²) in [7, 11) is -3.93. The van der Waals surface area contributed by atoms with E-state index in [4.69, 9.17) is 11.6 Å². The van der Waals surface area contributed by atoms with E-state index in [1.807, 2.05) is 0 Å². The minimum Gasteiger partial charge on any atom is -0.305 e. The van der Waals surface area contributed by atoms with Gasteiger partial charge in [0, 0.05) is 23.7 Å². The zero-order valence-electron chi connectivity index (χ0n) is 15.4. The van der Waals surface area contributed by atoms with Gasteiger partial charge in [0.15, 0.2) is 0 Å². The Morgan fingerprint density at radius 1 is 1.33 bits per heavy atom. The first-order valence-corrected chi connectivity index (χ1v) is 10.8. The average Bonchev–Trinajstić information content (AvgIpc) is 2.61. The SMILES string of the molecule is CCN1C(C(=O)Nc2cc(Cl)ccn2)=CC(C2CCC(C)CC2)=NS1(=O)=O. The van der Waals surface area contributed by atoms with Crippen molar-refractivity contribution in [2.24, 2.45) is 16.2 Å². The topological polar surface area (TPSA) is 91.7 Å². The van der Waals surface area contributed by atoms with E-state index in [1.165, 1.54) is 12.3 Å². The summed E-state index contributed by atoms with van der Waals surface area (Å²) < 4.78 is 30.3. The summed E-state index contributed by atoms with van der Waals surface area (Å²) in [5.41, 5.74) is 0.527. The van der Waals surface area contributed by atoms with Crippen LogP contribution in [-0.2, 0) is 15.0 Å². The first-order valence-electron chi connectivity index (χ1n) is 9.07. The lowest BCUT2D eigenvalue weighted by molar-refractivity contribution is -0.113. The molecule has 1 saturated carbocycles. The van der Waals surface area contributed by atoms with Crippen LogP contribution in [0, 0.1) is 11.8 Å². The van der Waals surface area contributed by atoms with Crippen molar-refractivity contribution in [2.75, 3.05) is 11.9 Å². The Balaban J connectivity index is 1.90. The Bertz CT molecular complexity index is 890. The Morgan fingerprint density at radius 2 is 2.04 bits per heavy atom. The number of carbonyl (C=O) groups is 1. The summed E-state index contributed by atoms with van der Waals surface area (Å²) in [5, 5.41) is 3.05. The van der Waals surface area contributed by atoms with E-state index in [1.54, 1.807) is 19.1 Å². The zero-order valence-corrected chi connectivity index (χ0v) is 16.9. The van der Waals surface area contributed by atoms with Crippen LogP contribution < -0.4 is 5.32 Å². The summed E-state index contributed by atoms with van der Waals surface area (Å²) >= 11 is 5.92. The summed E-state index contributed by atoms with van der Waals surface area (Å²) in [4.78, 5) is 16.8. The average molecular weight is 411 g/mol. The number of nitrogens with one attached hydrogen (secondary N) is 1. The van der Waals surface area contributed by atoms with Gasteiger partial charge in [0.25, 0.3) is 5.91 Å². The second kappa shape index (κ2) is 7.98. The molecule has 1 aliphatic carbocycles. The fourth-order valence-electron chi connectivity index (χ4n) is 3.46. The third kappa shape index (κ3) is 4.50. The molecule has 0 bridgehead atoms. The molecule has 0 saturated heterocycles. The summed E-state index contributed by atoms with van der Waals surface area (Å²) in [5.74, 6) is 0.404. The molecule has 3 rings (SSSR count). The van der Waals surface area contributed by atoms with Crippen LogP contribution in [-0.4, -0.2) is 35.9 Å². The Hall–Kier alpha value is -1.93. The molecule has 27 heavy (non-hydrogen) atoms. The maximum absolute atomic E-state index is 12.8. The van der Waals surface area contributed by atoms with Gasteiger partial charge in [-0.3, -0.25) is 4.79 Å². The highest BCUT2D eigenvalue weighted by atomic mass is 35.5. The molecule has 1 N–H and O–H groups in total. The highest BCUT2D eigenvalue weighted by molar-refractivity contribution is 7.88. The molecule has 1 aromatic rings. The van der Waals surface area contributed by atoms with Gasteiger partial charge in [-0.2, -0.15) is 8.42 Å². The molecule has 2 heterocycles. The number of halogens is 1. The number of hydrogen-bond acceptors (Lipinski definition) is 4. The maximum atomic E-state index is 12.8. The molecule has 1 fully saturated rings. The molecule has 0 radical (unpaired) electrons. The number of carbonyl (C=O) groups excluding carboxylic acids is 1. The van der Waals surface area contributed by atoms with Crippen molar-refractivity contribution in [2.45, 2.75) is 39.5 Å². The lowest BCUT2D eigenvalue weighted by atomic mass is 9.80. The molecule has 0 atom stereocenters. The van der Waals surface area contributed by atoms with Gasteiger partial charge in [0.1, 0.15) is 11.5 Å². The highest BCUT2D eigenvalue weighted by Gasteiger charge is 2.34. The van der Waals surface area contributed by atoms with E-state index in [9.17, 15) is 13.2 Å². The molecule has 0 aromatic carbocycles. The number of allylic oxidation sites excluding steroid dienone is 1. The minimum absolute atomic E-state index is 0.0575. The summed E-state index contributed by atoms with van der Waals surface area (Å²) in [6.07, 6.45) is 6.89. The van der Waals surface area contributed by atoms with E-state index >= 15 is 0 Å². The molecule has 7 nitrogen and oxygen atoms in total. The molecule has 1 aliphatic heterocycles. The van der Waals surface area contributed by atoms with Crippen molar-refractivity contribution < 1.29 is 13.2 Å². The van der Waals surface area contributed by atoms with Crippen molar-refractivity contribution in [1.82, 2.24) is 9.29 Å². The van der Waals surface area contributed by atoms with Crippen LogP contribution in [0.2, 0.25) is 5.02 Å². The van der Waals surface area contributed by atoms with E-state index in [0.29, 0.717) is 16.7 Å². The van der Waals surface area contributed by atoms with Crippen LogP contribution in [0.3, 0.4) is 0 Å². The van der Waals surface area contributed by atoms with Gasteiger partial charge in [-0.25, -0.2) is 9.29 Å². The van der Waals surface area contributed by atoms with E-state index in [0.717, 1.165) is 30.0 Å². The van der Waals surface area contributed by atoms with Gasteiger partial charge in [-0.15, -0.1) is 4.40 Å². The highest BCUT2D eigenvalue weighted by Crippen LogP contribution is 2.32. The lowest BCUT2D eigenvalue weighted by Crippen LogP contribution is -2.39. The Morgan fingerprint density at radius 3 is 2.67 bits per heavy atom. The predicted octanol–water partition coefficient (Wildman–Crippen LogP) is 3.41. The van der Waals surface area contributed by atoms with Crippen molar-refractivity contribution >= 4 is 39.2 Å². The minimum atomic E-state index is -3.93. The molecule has 2 aliphatic rings. The molecular formula is C18H23ClN4O3S. The zero-order chi connectivity index (χ0) is 19.6. The first kappa shape index (κ1) is 19.8. The van der Waals surface area contributed by atoms with Crippen LogP contribution in [0.25, 0.3) is 0 Å². The molecule has 1 aromatic heterocycles. The van der Waals surface area contributed by atoms with Gasteiger partial charge in [0.05, 0.1) is 5.71 Å². The summed E-state index contributed by atoms with van der Waals surface area (Å²) in [6, 6.07) is 3.10. The quantitative estimate of drug-likeness (QED) is 0.823. The molecule has 1 amide bonds. The normalized spacial score (nSPS) is 24.8. The number of rotatable bonds is 4. The van der Waals surface area contributed by atoms with Crippen LogP contribution in [0.4, 0.5) is 5.82 Å². The molecule has 146 valence electrons. The smallest absolute Gasteiger partial charge is 0.305 e. The van der Waals surface area contributed by atoms with Crippen molar-refractivity contribution in [3.05, 3.63) is 35.1 Å². The standard InChI is InChI=1S/C18H23ClN4O3S/c1-3-23-16(18(24)21-17-10-14(19)8-9-20-17)11-15(22-27(23,25)26)13-6-4-12(2)5-7-13/h8-13H,3-7H2,1-2H3,(H,20,21,24). The van der Waals surface area contributed by atoms with Crippen molar-refractivity contribution in [1.29, 1.82) is 0 Å². The number of likely N-dealkylation sites (N-methyl/N-ethyl adjacent to an activating group) is 1. The van der Waals surface area contributed by atoms with E-state index in [-0.39, 0.29) is 24.0 Å². The Kier molecular flexibility index (Phi) is 5.86. The second-order valence-electron chi connectivity index (χ2n) is 6.96. The van der Waals surface area contributed by atoms with Crippen molar-refractivity contribution in [3.63, 3.8) is 0 Å². The number of anilines is 1. The van der Waals surface area contributed by atoms with Gasteiger partial charge >= 0.3 is 10.2 Å². The third-order valence-electron chi connectivity index (χ3n) is 4.97. The van der Waals surface area contributed by atoms with Gasteiger partial charge < -0.3 is 5.32 Å². The van der Waals surface area contributed by atoms with Crippen LogP contribution >= 0.6 is 11.6 Å². The number of hydrogen-bond donors (Lipinski definition) is 1. The van der Waals surface area contributed by atoms with Gasteiger partial charge in [0.2, 0.25) is 0 Å². The number of pyridine rings is 1. The van der Waals surface area contributed by atoms with E-state index < -0.39 is 16.1 Å². The number of aromatic nitrogens is 1. The van der Waals surface area contributed by atoms with Crippen LogP contribution in [0.15, 0.2) is 34.5 Å². The lowest BCUT2D eigenvalue weighted by Gasteiger charge is -2.31. The fourth-order valence-corrected chi connectivity index (χ4v) is 4.90. The Labute approximate surface area is 164 Å². The monoisotopic (exact) mass is 410 g/mol. The number of nitrogens with zero attached hydrogens (tertiary/aromatic N) is 3. The molecule has 9 heteroatoms. The predicted molar refractivity (Wildman–Crippen MR) is 106 cm³/mol. The largest absolute Gasteiger partial charge is 0.345 e. The number of amides is 1. The van der Waals surface area contributed by atoms with Gasteiger partial charge in [-0.1, -0.05) is 31.4 Å². The van der Waals surface area contributed by atoms with E-state index in [2.05, 4.69) is 21.6 Å². The molecular weight excluding hydrogens is 388 g/mol. The first-order chi connectivity index (χ1) is 12.8. The van der Waals surface area contributed by atoms with Crippen LogP contribution in [0.1, 0.15) is 39.5 Å². The fraction of sp³-hybridized carbons (Fsp3) is 0.500. The van der Waals surface area contributed by atoms with Gasteiger partial charge in [-0.05, 0) is 43.9 Å². The second-order valence-corrected chi connectivity index (χ2v) is 8.91. The maximum Gasteiger partial charge on any atom is 0.345 e. The molecule has 0 spiro atoms. The summed E-state index contributed by atoms with van der Waals surface area (Å²) in [6.45, 7) is 3.98. The van der Waals surface area contributed by atoms with Crippen LogP contribution in [0.5, 0.6) is 0 Å². The van der Waals surface area contributed by atoms with Crippen molar-refractivity contribution in [3.8, 4) is 0 Å². The molecule has 0 unspecified atom stereocenters. The third-order valence-corrected chi connectivity index (χ3v) is 6.66.